The number of benzene rings is 2. The quantitative estimate of drug-likeness (QED) is 0.686. The molecular formula is C22H26N2O4. The smallest absolute Gasteiger partial charge is 0.305 e. The van der Waals surface area contributed by atoms with Crippen LogP contribution in [0, 0.1) is 0 Å². The fourth-order valence-electron chi connectivity index (χ4n) is 2.57. The Hall–Kier alpha value is -3.15. The van der Waals surface area contributed by atoms with Crippen LogP contribution in [0.15, 0.2) is 48.5 Å². The minimum absolute atomic E-state index is 0.0384. The SMILES string of the molecule is CC(C)(C)c1ccc(C(=O)NCc2ccc(C(=O)NCCC(=O)O)cc2)cc1. The molecule has 0 aliphatic rings. The number of rotatable bonds is 7. The van der Waals surface area contributed by atoms with Crippen molar-refractivity contribution in [2.24, 2.45) is 0 Å². The molecule has 28 heavy (non-hydrogen) atoms. The number of carboxylic acid groups (broad SMARTS) is 1. The first-order valence-electron chi connectivity index (χ1n) is 9.14. The highest BCUT2D eigenvalue weighted by atomic mass is 16.4. The molecule has 2 aromatic rings. The van der Waals surface area contributed by atoms with E-state index in [0.29, 0.717) is 17.7 Å². The van der Waals surface area contributed by atoms with Gasteiger partial charge in [0.15, 0.2) is 0 Å². The fraction of sp³-hybridized carbons (Fsp3) is 0.318. The normalized spacial score (nSPS) is 11.0. The predicted octanol–water partition coefficient (Wildman–Crippen LogP) is 3.12. The molecular weight excluding hydrogens is 356 g/mol. The minimum atomic E-state index is -0.959. The van der Waals surface area contributed by atoms with E-state index in [1.54, 1.807) is 24.3 Å². The van der Waals surface area contributed by atoms with Gasteiger partial charge in [-0.2, -0.15) is 0 Å². The third-order valence-corrected chi connectivity index (χ3v) is 4.31. The molecule has 2 aromatic carbocycles. The molecule has 2 rings (SSSR count). The lowest BCUT2D eigenvalue weighted by atomic mass is 9.87. The van der Waals surface area contributed by atoms with Crippen molar-refractivity contribution < 1.29 is 19.5 Å². The number of nitrogens with one attached hydrogen (secondary N) is 2. The first-order valence-corrected chi connectivity index (χ1v) is 9.14. The molecule has 0 saturated carbocycles. The van der Waals surface area contributed by atoms with Crippen LogP contribution in [0.2, 0.25) is 0 Å². The first-order chi connectivity index (χ1) is 13.2. The van der Waals surface area contributed by atoms with Crippen LogP contribution < -0.4 is 10.6 Å². The maximum atomic E-state index is 12.3. The van der Waals surface area contributed by atoms with Gasteiger partial charge in [0, 0.05) is 24.2 Å². The van der Waals surface area contributed by atoms with Gasteiger partial charge >= 0.3 is 5.97 Å². The third-order valence-electron chi connectivity index (χ3n) is 4.31. The number of hydrogen-bond donors (Lipinski definition) is 3. The molecule has 0 aliphatic heterocycles. The molecule has 2 amide bonds. The Labute approximate surface area is 165 Å². The van der Waals surface area contributed by atoms with E-state index < -0.39 is 5.97 Å². The molecule has 6 nitrogen and oxygen atoms in total. The molecule has 3 N–H and O–H groups in total. The van der Waals surface area contributed by atoms with Crippen LogP contribution >= 0.6 is 0 Å². The number of carboxylic acids is 1. The van der Waals surface area contributed by atoms with Crippen LogP contribution in [-0.2, 0) is 16.8 Å². The van der Waals surface area contributed by atoms with Crippen LogP contribution in [0.25, 0.3) is 0 Å². The molecule has 0 atom stereocenters. The maximum absolute atomic E-state index is 12.3. The zero-order valence-electron chi connectivity index (χ0n) is 16.4. The summed E-state index contributed by atoms with van der Waals surface area (Å²) in [5.74, 6) is -1.44. The molecule has 0 unspecified atom stereocenters. The van der Waals surface area contributed by atoms with Gasteiger partial charge in [0.2, 0.25) is 0 Å². The van der Waals surface area contributed by atoms with Crippen LogP contribution in [0.1, 0.15) is 59.0 Å². The Kier molecular flexibility index (Phi) is 6.93. The highest BCUT2D eigenvalue weighted by Crippen LogP contribution is 2.22. The summed E-state index contributed by atoms with van der Waals surface area (Å²) < 4.78 is 0. The summed E-state index contributed by atoms with van der Waals surface area (Å²) in [6.07, 6.45) is -0.118. The standard InChI is InChI=1S/C22H26N2O4/c1-22(2,3)18-10-8-17(9-11-18)21(28)24-14-15-4-6-16(7-5-15)20(27)23-13-12-19(25)26/h4-11H,12-14H2,1-3H3,(H,23,27)(H,24,28)(H,25,26). The zero-order valence-corrected chi connectivity index (χ0v) is 16.4. The van der Waals surface area contributed by atoms with Crippen molar-refractivity contribution >= 4 is 17.8 Å². The first kappa shape index (κ1) is 21.2. The zero-order chi connectivity index (χ0) is 20.7. The van der Waals surface area contributed by atoms with Crippen LogP contribution in [0.5, 0.6) is 0 Å². The second-order valence-corrected chi connectivity index (χ2v) is 7.61. The van der Waals surface area contributed by atoms with Crippen molar-refractivity contribution in [3.05, 3.63) is 70.8 Å². The molecule has 0 bridgehead atoms. The van der Waals surface area contributed by atoms with Gasteiger partial charge in [-0.3, -0.25) is 14.4 Å². The molecule has 148 valence electrons. The summed E-state index contributed by atoms with van der Waals surface area (Å²) in [5, 5.41) is 14.0. The van der Waals surface area contributed by atoms with Gasteiger partial charge in [0.1, 0.15) is 0 Å². The van der Waals surface area contributed by atoms with E-state index >= 15 is 0 Å². The van der Waals surface area contributed by atoms with Gasteiger partial charge in [-0.25, -0.2) is 0 Å². The Bertz CT molecular complexity index is 834. The molecule has 0 saturated heterocycles. The lowest BCUT2D eigenvalue weighted by Gasteiger charge is -2.19. The number of carbonyl (C=O) groups excluding carboxylic acids is 2. The molecule has 0 aromatic heterocycles. The van der Waals surface area contributed by atoms with Gasteiger partial charge in [-0.15, -0.1) is 0 Å². The van der Waals surface area contributed by atoms with Gasteiger partial charge in [-0.05, 0) is 40.8 Å². The highest BCUT2D eigenvalue weighted by molar-refractivity contribution is 5.95. The van der Waals surface area contributed by atoms with Gasteiger partial charge in [-0.1, -0.05) is 45.0 Å². The average molecular weight is 382 g/mol. The summed E-state index contributed by atoms with van der Waals surface area (Å²) in [7, 11) is 0. The Morgan fingerprint density at radius 2 is 1.32 bits per heavy atom. The van der Waals surface area contributed by atoms with E-state index in [2.05, 4.69) is 31.4 Å². The molecule has 0 heterocycles. The molecule has 0 radical (unpaired) electrons. The second kappa shape index (κ2) is 9.17. The van der Waals surface area contributed by atoms with Crippen LogP contribution in [-0.4, -0.2) is 29.4 Å². The molecule has 0 spiro atoms. The summed E-state index contributed by atoms with van der Waals surface area (Å²) >= 11 is 0. The summed E-state index contributed by atoms with van der Waals surface area (Å²) in [6, 6.07) is 14.4. The number of amides is 2. The van der Waals surface area contributed by atoms with Crippen molar-refractivity contribution in [2.75, 3.05) is 6.54 Å². The summed E-state index contributed by atoms with van der Waals surface area (Å²) in [6.45, 7) is 6.80. The second-order valence-electron chi connectivity index (χ2n) is 7.61. The number of hydrogen-bond acceptors (Lipinski definition) is 3. The van der Waals surface area contributed by atoms with Crippen molar-refractivity contribution in [1.82, 2.24) is 10.6 Å². The van der Waals surface area contributed by atoms with E-state index in [9.17, 15) is 14.4 Å². The largest absolute Gasteiger partial charge is 0.481 e. The average Bonchev–Trinajstić information content (AvgIpc) is 2.65. The number of carbonyl (C=O) groups is 3. The minimum Gasteiger partial charge on any atom is -0.481 e. The highest BCUT2D eigenvalue weighted by Gasteiger charge is 2.14. The molecule has 6 heteroatoms. The Morgan fingerprint density at radius 3 is 1.82 bits per heavy atom. The van der Waals surface area contributed by atoms with Crippen molar-refractivity contribution in [3.8, 4) is 0 Å². The maximum Gasteiger partial charge on any atom is 0.305 e. The summed E-state index contributed by atoms with van der Waals surface area (Å²) in [5.41, 5.74) is 3.11. The van der Waals surface area contributed by atoms with Gasteiger partial charge in [0.05, 0.1) is 6.42 Å². The Balaban J connectivity index is 1.88. The summed E-state index contributed by atoms with van der Waals surface area (Å²) in [4.78, 5) is 34.7. The molecule has 0 aliphatic carbocycles. The van der Waals surface area contributed by atoms with Gasteiger partial charge in [0.25, 0.3) is 11.8 Å². The fourth-order valence-corrected chi connectivity index (χ4v) is 2.57. The van der Waals surface area contributed by atoms with Crippen molar-refractivity contribution in [1.29, 1.82) is 0 Å². The van der Waals surface area contributed by atoms with E-state index in [4.69, 9.17) is 5.11 Å². The van der Waals surface area contributed by atoms with Crippen LogP contribution in [0.4, 0.5) is 0 Å². The lowest BCUT2D eigenvalue weighted by Crippen LogP contribution is -2.26. The number of aliphatic carboxylic acids is 1. The van der Waals surface area contributed by atoms with E-state index in [-0.39, 0.29) is 30.2 Å². The lowest BCUT2D eigenvalue weighted by molar-refractivity contribution is -0.136. The predicted molar refractivity (Wildman–Crippen MR) is 107 cm³/mol. The monoisotopic (exact) mass is 382 g/mol. The topological polar surface area (TPSA) is 95.5 Å². The van der Waals surface area contributed by atoms with Crippen LogP contribution in [0.3, 0.4) is 0 Å². The van der Waals surface area contributed by atoms with E-state index in [1.165, 1.54) is 5.56 Å². The van der Waals surface area contributed by atoms with Crippen molar-refractivity contribution in [3.63, 3.8) is 0 Å². The van der Waals surface area contributed by atoms with Gasteiger partial charge < -0.3 is 15.7 Å². The van der Waals surface area contributed by atoms with E-state index in [0.717, 1.165) is 5.56 Å². The Morgan fingerprint density at radius 1 is 0.821 bits per heavy atom. The van der Waals surface area contributed by atoms with E-state index in [1.807, 2.05) is 24.3 Å². The third kappa shape index (κ3) is 6.23. The van der Waals surface area contributed by atoms with Crippen molar-refractivity contribution in [2.45, 2.75) is 39.2 Å². The molecule has 0 fully saturated rings.